The molecule has 0 saturated carbocycles. The number of ether oxygens (including phenoxy) is 2. The van der Waals surface area contributed by atoms with Crippen molar-refractivity contribution in [2.45, 2.75) is 0 Å². The van der Waals surface area contributed by atoms with Gasteiger partial charge in [0.05, 0.1) is 18.3 Å². The maximum atomic E-state index is 11.9. The van der Waals surface area contributed by atoms with Gasteiger partial charge in [0.15, 0.2) is 6.61 Å². The molecule has 1 N–H and O–H groups in total. The first-order valence-corrected chi connectivity index (χ1v) is 8.32. The number of carbonyl (C=O) groups excluding carboxylic acids is 1. The molecule has 0 atom stereocenters. The Balaban J connectivity index is 1.68. The Hall–Kier alpha value is -3.05. The summed E-state index contributed by atoms with van der Waals surface area (Å²) in [6, 6.07) is 18.7. The SMILES string of the molecule is COc1ccc2ccccc2c1C=NNC(=O)COc1ccccc1Cl. The van der Waals surface area contributed by atoms with Crippen LogP contribution in [-0.4, -0.2) is 25.8 Å². The highest BCUT2D eigenvalue weighted by atomic mass is 35.5. The topological polar surface area (TPSA) is 59.9 Å². The van der Waals surface area contributed by atoms with Crippen LogP contribution in [0.4, 0.5) is 0 Å². The van der Waals surface area contributed by atoms with E-state index in [0.29, 0.717) is 16.5 Å². The molecule has 0 aliphatic rings. The molecule has 0 aliphatic carbocycles. The summed E-state index contributed by atoms with van der Waals surface area (Å²) in [4.78, 5) is 11.9. The van der Waals surface area contributed by atoms with E-state index in [1.54, 1.807) is 37.6 Å². The lowest BCUT2D eigenvalue weighted by atomic mass is 10.0. The summed E-state index contributed by atoms with van der Waals surface area (Å²) in [5.74, 6) is 0.735. The second kappa shape index (κ2) is 8.36. The van der Waals surface area contributed by atoms with Gasteiger partial charge in [-0.3, -0.25) is 4.79 Å². The molecule has 0 heterocycles. The fraction of sp³-hybridized carbons (Fsp3) is 0.100. The van der Waals surface area contributed by atoms with Crippen molar-refractivity contribution >= 4 is 34.5 Å². The molecule has 6 heteroatoms. The first-order chi connectivity index (χ1) is 12.7. The fourth-order valence-corrected chi connectivity index (χ4v) is 2.68. The molecule has 0 saturated heterocycles. The minimum absolute atomic E-state index is 0.187. The maximum Gasteiger partial charge on any atom is 0.277 e. The number of nitrogens with one attached hydrogen (secondary N) is 1. The van der Waals surface area contributed by atoms with E-state index in [1.165, 1.54) is 0 Å². The summed E-state index contributed by atoms with van der Waals surface area (Å²) in [6.45, 7) is -0.187. The molecule has 26 heavy (non-hydrogen) atoms. The van der Waals surface area contributed by atoms with Crippen LogP contribution < -0.4 is 14.9 Å². The van der Waals surface area contributed by atoms with E-state index >= 15 is 0 Å². The lowest BCUT2D eigenvalue weighted by Crippen LogP contribution is -2.24. The monoisotopic (exact) mass is 368 g/mol. The molecule has 0 radical (unpaired) electrons. The molecule has 1 amide bonds. The van der Waals surface area contributed by atoms with Gasteiger partial charge in [-0.2, -0.15) is 5.10 Å². The third-order valence-corrected chi connectivity index (χ3v) is 4.04. The van der Waals surface area contributed by atoms with Gasteiger partial charge in [-0.05, 0) is 29.0 Å². The number of hydrogen-bond donors (Lipinski definition) is 1. The predicted octanol–water partition coefficient (Wildman–Crippen LogP) is 4.03. The number of nitrogens with zero attached hydrogens (tertiary/aromatic N) is 1. The summed E-state index contributed by atoms with van der Waals surface area (Å²) in [5.41, 5.74) is 3.23. The van der Waals surface area contributed by atoms with Crippen LogP contribution in [-0.2, 0) is 4.79 Å². The van der Waals surface area contributed by atoms with Gasteiger partial charge in [0.25, 0.3) is 5.91 Å². The quantitative estimate of drug-likeness (QED) is 0.528. The van der Waals surface area contributed by atoms with Crippen LogP contribution in [0, 0.1) is 0 Å². The fourth-order valence-electron chi connectivity index (χ4n) is 2.49. The number of benzene rings is 3. The minimum Gasteiger partial charge on any atom is -0.496 e. The van der Waals surface area contributed by atoms with Crippen LogP contribution >= 0.6 is 11.6 Å². The van der Waals surface area contributed by atoms with Crippen LogP contribution in [0.2, 0.25) is 5.02 Å². The number of carbonyl (C=O) groups is 1. The zero-order chi connectivity index (χ0) is 18.4. The average Bonchev–Trinajstić information content (AvgIpc) is 2.67. The van der Waals surface area contributed by atoms with E-state index in [-0.39, 0.29) is 12.5 Å². The third-order valence-electron chi connectivity index (χ3n) is 3.73. The second-order valence-corrected chi connectivity index (χ2v) is 5.82. The number of amides is 1. The van der Waals surface area contributed by atoms with Crippen LogP contribution in [0.15, 0.2) is 65.8 Å². The molecule has 0 aromatic heterocycles. The Morgan fingerprint density at radius 2 is 1.85 bits per heavy atom. The zero-order valence-electron chi connectivity index (χ0n) is 14.1. The molecular weight excluding hydrogens is 352 g/mol. The Labute approximate surface area is 156 Å². The Morgan fingerprint density at radius 3 is 2.65 bits per heavy atom. The molecule has 3 aromatic carbocycles. The second-order valence-electron chi connectivity index (χ2n) is 5.41. The summed E-state index contributed by atoms with van der Waals surface area (Å²) < 4.78 is 10.8. The van der Waals surface area contributed by atoms with Gasteiger partial charge in [0, 0.05) is 5.56 Å². The lowest BCUT2D eigenvalue weighted by Gasteiger charge is -2.09. The number of methoxy groups -OCH3 is 1. The minimum atomic E-state index is -0.389. The van der Waals surface area contributed by atoms with Gasteiger partial charge >= 0.3 is 0 Å². The molecular formula is C20H17ClN2O3. The lowest BCUT2D eigenvalue weighted by molar-refractivity contribution is -0.123. The largest absolute Gasteiger partial charge is 0.496 e. The highest BCUT2D eigenvalue weighted by Gasteiger charge is 2.07. The van der Waals surface area contributed by atoms with Crippen molar-refractivity contribution in [2.24, 2.45) is 5.10 Å². The highest BCUT2D eigenvalue weighted by Crippen LogP contribution is 2.26. The standard InChI is InChI=1S/C20H17ClN2O3/c1-25-18-11-10-14-6-2-3-7-15(14)16(18)12-22-23-20(24)13-26-19-9-5-4-8-17(19)21/h2-12H,13H2,1H3,(H,23,24). The number of halogens is 1. The van der Waals surface area contributed by atoms with E-state index in [4.69, 9.17) is 21.1 Å². The number of para-hydroxylation sites is 1. The van der Waals surface area contributed by atoms with E-state index in [0.717, 1.165) is 16.3 Å². The van der Waals surface area contributed by atoms with Crippen molar-refractivity contribution < 1.29 is 14.3 Å². The number of hydrogen-bond acceptors (Lipinski definition) is 4. The molecule has 5 nitrogen and oxygen atoms in total. The van der Waals surface area contributed by atoms with Crippen molar-refractivity contribution in [1.82, 2.24) is 5.43 Å². The third kappa shape index (κ3) is 4.13. The van der Waals surface area contributed by atoms with Gasteiger partial charge in [0.2, 0.25) is 0 Å². The van der Waals surface area contributed by atoms with Crippen LogP contribution in [0.5, 0.6) is 11.5 Å². The Morgan fingerprint density at radius 1 is 1.08 bits per heavy atom. The summed E-state index contributed by atoms with van der Waals surface area (Å²) in [6.07, 6.45) is 1.56. The highest BCUT2D eigenvalue weighted by molar-refractivity contribution is 6.32. The van der Waals surface area contributed by atoms with E-state index in [2.05, 4.69) is 10.5 Å². The molecule has 0 fully saturated rings. The molecule has 0 spiro atoms. The molecule has 132 valence electrons. The van der Waals surface area contributed by atoms with Crippen molar-refractivity contribution in [2.75, 3.05) is 13.7 Å². The number of fused-ring (bicyclic) bond motifs is 1. The summed E-state index contributed by atoms with van der Waals surface area (Å²) in [7, 11) is 1.59. The predicted molar refractivity (Wildman–Crippen MR) is 103 cm³/mol. The molecule has 0 unspecified atom stereocenters. The molecule has 0 bridgehead atoms. The van der Waals surface area contributed by atoms with Crippen molar-refractivity contribution in [3.05, 3.63) is 71.2 Å². The first kappa shape index (κ1) is 17.8. The van der Waals surface area contributed by atoms with Crippen molar-refractivity contribution in [1.29, 1.82) is 0 Å². The van der Waals surface area contributed by atoms with Gasteiger partial charge in [-0.15, -0.1) is 0 Å². The van der Waals surface area contributed by atoms with Crippen molar-refractivity contribution in [3.8, 4) is 11.5 Å². The van der Waals surface area contributed by atoms with E-state index in [9.17, 15) is 4.79 Å². The van der Waals surface area contributed by atoms with Gasteiger partial charge in [0.1, 0.15) is 11.5 Å². The number of hydrazone groups is 1. The van der Waals surface area contributed by atoms with Gasteiger partial charge < -0.3 is 9.47 Å². The summed E-state index contributed by atoms with van der Waals surface area (Å²) >= 11 is 5.98. The zero-order valence-corrected chi connectivity index (χ0v) is 14.9. The molecule has 3 rings (SSSR count). The van der Waals surface area contributed by atoms with Crippen LogP contribution in [0.1, 0.15) is 5.56 Å². The number of rotatable bonds is 6. The van der Waals surface area contributed by atoms with E-state index in [1.807, 2.05) is 36.4 Å². The first-order valence-electron chi connectivity index (χ1n) is 7.94. The molecule has 0 aliphatic heterocycles. The van der Waals surface area contributed by atoms with Gasteiger partial charge in [-0.25, -0.2) is 5.43 Å². The van der Waals surface area contributed by atoms with Crippen molar-refractivity contribution in [3.63, 3.8) is 0 Å². The molecule has 3 aromatic rings. The van der Waals surface area contributed by atoms with Crippen LogP contribution in [0.3, 0.4) is 0 Å². The normalized spacial score (nSPS) is 10.8. The average molecular weight is 369 g/mol. The van der Waals surface area contributed by atoms with Crippen LogP contribution in [0.25, 0.3) is 10.8 Å². The van der Waals surface area contributed by atoms with E-state index < -0.39 is 0 Å². The Kier molecular flexibility index (Phi) is 5.71. The Bertz CT molecular complexity index is 957. The maximum absolute atomic E-state index is 11.9. The summed E-state index contributed by atoms with van der Waals surface area (Å²) in [5, 5.41) is 6.51. The van der Waals surface area contributed by atoms with Gasteiger partial charge in [-0.1, -0.05) is 54.1 Å². The smallest absolute Gasteiger partial charge is 0.277 e.